The van der Waals surface area contributed by atoms with Gasteiger partial charge in [0.1, 0.15) is 5.75 Å². The molecule has 0 bridgehead atoms. The minimum absolute atomic E-state index is 0.0364. The summed E-state index contributed by atoms with van der Waals surface area (Å²) in [6.07, 6.45) is 2.23. The number of halogens is 1. The lowest BCUT2D eigenvalue weighted by molar-refractivity contribution is -0.133. The van der Waals surface area contributed by atoms with Gasteiger partial charge < -0.3 is 15.4 Å². The summed E-state index contributed by atoms with van der Waals surface area (Å²) in [5, 5.41) is 0. The topological polar surface area (TPSA) is 55.6 Å². The molecule has 5 heteroatoms. The van der Waals surface area contributed by atoms with Gasteiger partial charge in [-0.1, -0.05) is 0 Å². The number of carbonyl (C=O) groups is 1. The van der Waals surface area contributed by atoms with Crippen LogP contribution in [-0.4, -0.2) is 30.0 Å². The summed E-state index contributed by atoms with van der Waals surface area (Å²) < 4.78 is 6.33. The maximum Gasteiger partial charge on any atom is 0.260 e. The number of likely N-dealkylation sites (N-methyl/N-ethyl adjacent to an activating group) is 1. The summed E-state index contributed by atoms with van der Waals surface area (Å²) >= 11 is 3.37. The van der Waals surface area contributed by atoms with Crippen LogP contribution >= 0.6 is 15.9 Å². The molecule has 1 fully saturated rings. The van der Waals surface area contributed by atoms with Crippen LogP contribution in [0.4, 0.5) is 5.69 Å². The first kappa shape index (κ1) is 13.2. The Morgan fingerprint density at radius 2 is 2.28 bits per heavy atom. The SMILES string of the molecule is CCN(C(=O)COc1cc(N)ccc1Br)C1CC1. The van der Waals surface area contributed by atoms with Crippen molar-refractivity contribution in [2.45, 2.75) is 25.8 Å². The molecule has 1 amide bonds. The predicted octanol–water partition coefficient (Wildman–Crippen LogP) is 2.42. The van der Waals surface area contributed by atoms with E-state index in [1.807, 2.05) is 17.9 Å². The molecular formula is C13H17BrN2O2. The van der Waals surface area contributed by atoms with Crippen molar-refractivity contribution >= 4 is 27.5 Å². The molecule has 1 aromatic carbocycles. The van der Waals surface area contributed by atoms with Crippen molar-refractivity contribution in [3.63, 3.8) is 0 Å². The fourth-order valence-corrected chi connectivity index (χ4v) is 2.24. The van der Waals surface area contributed by atoms with Gasteiger partial charge in [-0.05, 0) is 47.8 Å². The third kappa shape index (κ3) is 3.16. The first-order valence-corrected chi connectivity index (χ1v) is 6.88. The molecule has 1 aliphatic rings. The minimum Gasteiger partial charge on any atom is -0.483 e. The number of hydrogen-bond acceptors (Lipinski definition) is 3. The van der Waals surface area contributed by atoms with E-state index in [0.29, 0.717) is 17.5 Å². The highest BCUT2D eigenvalue weighted by Gasteiger charge is 2.31. The van der Waals surface area contributed by atoms with E-state index in [1.165, 1.54) is 0 Å². The third-order valence-electron chi connectivity index (χ3n) is 2.96. The van der Waals surface area contributed by atoms with Gasteiger partial charge >= 0.3 is 0 Å². The highest BCUT2D eigenvalue weighted by atomic mass is 79.9. The minimum atomic E-state index is 0.0364. The van der Waals surface area contributed by atoms with Crippen LogP contribution in [0.25, 0.3) is 0 Å². The van der Waals surface area contributed by atoms with Gasteiger partial charge in [0.05, 0.1) is 4.47 Å². The zero-order valence-corrected chi connectivity index (χ0v) is 11.9. The Bertz CT molecular complexity index is 447. The van der Waals surface area contributed by atoms with E-state index >= 15 is 0 Å². The van der Waals surface area contributed by atoms with Crippen LogP contribution in [0, 0.1) is 0 Å². The molecule has 2 N–H and O–H groups in total. The molecule has 0 radical (unpaired) electrons. The average Bonchev–Trinajstić information content (AvgIpc) is 3.16. The summed E-state index contributed by atoms with van der Waals surface area (Å²) in [6, 6.07) is 5.73. The second-order valence-corrected chi connectivity index (χ2v) is 5.24. The predicted molar refractivity (Wildman–Crippen MR) is 74.5 cm³/mol. The number of nitrogen functional groups attached to an aromatic ring is 1. The third-order valence-corrected chi connectivity index (χ3v) is 3.61. The van der Waals surface area contributed by atoms with Gasteiger partial charge in [-0.15, -0.1) is 0 Å². The first-order chi connectivity index (χ1) is 8.61. The molecule has 0 aromatic heterocycles. The molecule has 0 unspecified atom stereocenters. The summed E-state index contributed by atoms with van der Waals surface area (Å²) in [5.41, 5.74) is 6.30. The second kappa shape index (κ2) is 5.61. The fourth-order valence-electron chi connectivity index (χ4n) is 1.88. The van der Waals surface area contributed by atoms with Crippen LogP contribution in [0.1, 0.15) is 19.8 Å². The van der Waals surface area contributed by atoms with Crippen molar-refractivity contribution in [3.8, 4) is 5.75 Å². The van der Waals surface area contributed by atoms with E-state index in [2.05, 4.69) is 15.9 Å². The molecule has 1 saturated carbocycles. The monoisotopic (exact) mass is 312 g/mol. The quantitative estimate of drug-likeness (QED) is 0.850. The zero-order valence-electron chi connectivity index (χ0n) is 10.4. The number of anilines is 1. The lowest BCUT2D eigenvalue weighted by Gasteiger charge is -2.20. The number of amides is 1. The Kier molecular flexibility index (Phi) is 4.11. The molecule has 0 aliphatic heterocycles. The van der Waals surface area contributed by atoms with E-state index in [0.717, 1.165) is 23.9 Å². The molecule has 0 atom stereocenters. The average molecular weight is 313 g/mol. The zero-order chi connectivity index (χ0) is 13.1. The molecule has 18 heavy (non-hydrogen) atoms. The first-order valence-electron chi connectivity index (χ1n) is 6.09. The van der Waals surface area contributed by atoms with E-state index in [9.17, 15) is 4.79 Å². The molecule has 0 spiro atoms. The maximum absolute atomic E-state index is 12.0. The molecular weight excluding hydrogens is 296 g/mol. The van der Waals surface area contributed by atoms with Crippen LogP contribution < -0.4 is 10.5 Å². The standard InChI is InChI=1S/C13H17BrN2O2/c1-2-16(10-4-5-10)13(17)8-18-12-7-9(15)3-6-11(12)14/h3,6-7,10H,2,4-5,8,15H2,1H3. The van der Waals surface area contributed by atoms with Crippen LogP contribution in [0.2, 0.25) is 0 Å². The number of nitrogens with two attached hydrogens (primary N) is 1. The number of carbonyl (C=O) groups excluding carboxylic acids is 1. The van der Waals surface area contributed by atoms with Crippen LogP contribution in [0.5, 0.6) is 5.75 Å². The Labute approximate surface area is 115 Å². The highest BCUT2D eigenvalue weighted by Crippen LogP contribution is 2.28. The summed E-state index contributed by atoms with van der Waals surface area (Å²) in [5.74, 6) is 0.643. The summed E-state index contributed by atoms with van der Waals surface area (Å²) in [6.45, 7) is 2.80. The van der Waals surface area contributed by atoms with Crippen molar-refractivity contribution in [3.05, 3.63) is 22.7 Å². The second-order valence-electron chi connectivity index (χ2n) is 4.39. The highest BCUT2D eigenvalue weighted by molar-refractivity contribution is 9.10. The number of hydrogen-bond donors (Lipinski definition) is 1. The van der Waals surface area contributed by atoms with Crippen molar-refractivity contribution < 1.29 is 9.53 Å². The lowest BCUT2D eigenvalue weighted by atomic mass is 10.3. The number of nitrogens with zero attached hydrogens (tertiary/aromatic N) is 1. The van der Waals surface area contributed by atoms with E-state index < -0.39 is 0 Å². The van der Waals surface area contributed by atoms with Gasteiger partial charge in [-0.3, -0.25) is 4.79 Å². The molecule has 0 saturated heterocycles. The smallest absolute Gasteiger partial charge is 0.260 e. The maximum atomic E-state index is 12.0. The number of benzene rings is 1. The molecule has 4 nitrogen and oxygen atoms in total. The largest absolute Gasteiger partial charge is 0.483 e. The van der Waals surface area contributed by atoms with Gasteiger partial charge in [0, 0.05) is 24.3 Å². The van der Waals surface area contributed by atoms with Crippen LogP contribution in [-0.2, 0) is 4.79 Å². The van der Waals surface area contributed by atoms with Crippen molar-refractivity contribution in [2.24, 2.45) is 0 Å². The van der Waals surface area contributed by atoms with E-state index in [-0.39, 0.29) is 12.5 Å². The molecule has 98 valence electrons. The Morgan fingerprint density at radius 3 is 2.89 bits per heavy atom. The lowest BCUT2D eigenvalue weighted by Crippen LogP contribution is -2.36. The van der Waals surface area contributed by atoms with E-state index in [1.54, 1.807) is 12.1 Å². The van der Waals surface area contributed by atoms with Crippen LogP contribution in [0.15, 0.2) is 22.7 Å². The number of ether oxygens (including phenoxy) is 1. The Hall–Kier alpha value is -1.23. The van der Waals surface area contributed by atoms with Gasteiger partial charge in [0.2, 0.25) is 0 Å². The number of rotatable bonds is 5. The summed E-state index contributed by atoms with van der Waals surface area (Å²) in [4.78, 5) is 13.9. The van der Waals surface area contributed by atoms with Gasteiger partial charge in [0.15, 0.2) is 6.61 Å². The van der Waals surface area contributed by atoms with Crippen molar-refractivity contribution in [1.29, 1.82) is 0 Å². The van der Waals surface area contributed by atoms with Gasteiger partial charge in [-0.25, -0.2) is 0 Å². The normalized spacial score (nSPS) is 14.3. The Balaban J connectivity index is 1.94. The van der Waals surface area contributed by atoms with Crippen molar-refractivity contribution in [2.75, 3.05) is 18.9 Å². The molecule has 1 aromatic rings. The summed E-state index contributed by atoms with van der Waals surface area (Å²) in [7, 11) is 0. The molecule has 0 heterocycles. The van der Waals surface area contributed by atoms with Crippen molar-refractivity contribution in [1.82, 2.24) is 4.90 Å². The van der Waals surface area contributed by atoms with Crippen LogP contribution in [0.3, 0.4) is 0 Å². The molecule has 1 aliphatic carbocycles. The van der Waals surface area contributed by atoms with E-state index in [4.69, 9.17) is 10.5 Å². The Morgan fingerprint density at radius 1 is 1.56 bits per heavy atom. The molecule has 2 rings (SSSR count). The van der Waals surface area contributed by atoms with Gasteiger partial charge in [0.25, 0.3) is 5.91 Å². The fraction of sp³-hybridized carbons (Fsp3) is 0.462. The van der Waals surface area contributed by atoms with Gasteiger partial charge in [-0.2, -0.15) is 0 Å².